The van der Waals surface area contributed by atoms with E-state index < -0.39 is 15.6 Å². The summed E-state index contributed by atoms with van der Waals surface area (Å²) < 4.78 is 38.2. The Morgan fingerprint density at radius 3 is 2.29 bits per heavy atom. The van der Waals surface area contributed by atoms with Gasteiger partial charge in [-0.2, -0.15) is 0 Å². The van der Waals surface area contributed by atoms with Gasteiger partial charge in [0.15, 0.2) is 5.96 Å². The molecule has 6 nitrogen and oxygen atoms in total. The molecule has 0 unspecified atom stereocenters. The molecule has 0 saturated heterocycles. The van der Waals surface area contributed by atoms with Crippen LogP contribution in [0, 0.1) is 5.82 Å². The maximum Gasteiger partial charge on any atom is 0.209 e. The number of guanidine groups is 1. The molecule has 0 aliphatic carbocycles. The summed E-state index contributed by atoms with van der Waals surface area (Å²) in [5, 5.41) is 3.14. The minimum absolute atomic E-state index is 0. The largest absolute Gasteiger partial charge is 0.354 e. The van der Waals surface area contributed by atoms with E-state index in [0.717, 1.165) is 11.8 Å². The fraction of sp³-hybridized carbons (Fsp3) is 0.533. The Labute approximate surface area is 161 Å². The highest BCUT2D eigenvalue weighted by Gasteiger charge is 2.22. The molecule has 0 aliphatic rings. The van der Waals surface area contributed by atoms with E-state index in [4.69, 9.17) is 0 Å². The minimum Gasteiger partial charge on any atom is -0.354 e. The predicted molar refractivity (Wildman–Crippen MR) is 107 cm³/mol. The van der Waals surface area contributed by atoms with Crippen LogP contribution in [-0.2, 0) is 16.6 Å². The van der Waals surface area contributed by atoms with E-state index in [1.54, 1.807) is 33.0 Å². The maximum atomic E-state index is 12.9. The molecule has 0 amide bonds. The summed E-state index contributed by atoms with van der Waals surface area (Å²) in [5.74, 6) is 0.352. The lowest BCUT2D eigenvalue weighted by molar-refractivity contribution is 0.422. The molecule has 0 aromatic heterocycles. The first-order valence-corrected chi connectivity index (χ1v) is 9.07. The molecule has 138 valence electrons. The van der Waals surface area contributed by atoms with Crippen LogP contribution in [0.4, 0.5) is 4.39 Å². The second-order valence-corrected chi connectivity index (χ2v) is 7.89. The Kier molecular flexibility index (Phi) is 9.15. The van der Waals surface area contributed by atoms with Crippen molar-refractivity contribution < 1.29 is 12.8 Å². The normalized spacial score (nSPS) is 12.5. The van der Waals surface area contributed by atoms with Crippen LogP contribution in [0.1, 0.15) is 19.4 Å². The molecule has 1 aromatic rings. The SMILES string of the molecule is CN=C(NCC(C)(C)NS(C)(=O)=O)N(C)Cc1ccc(F)cc1.I. The van der Waals surface area contributed by atoms with Crippen molar-refractivity contribution in [3.63, 3.8) is 0 Å². The fourth-order valence-electron chi connectivity index (χ4n) is 2.16. The van der Waals surface area contributed by atoms with Crippen molar-refractivity contribution in [2.45, 2.75) is 25.9 Å². The average Bonchev–Trinajstić information content (AvgIpc) is 2.39. The van der Waals surface area contributed by atoms with Gasteiger partial charge < -0.3 is 10.2 Å². The number of aliphatic imine (C=N–C) groups is 1. The molecule has 1 rings (SSSR count). The number of hydrogen-bond donors (Lipinski definition) is 2. The zero-order chi connectivity index (χ0) is 17.7. The second kappa shape index (κ2) is 9.52. The average molecular weight is 472 g/mol. The number of sulfonamides is 1. The summed E-state index contributed by atoms with van der Waals surface area (Å²) >= 11 is 0. The standard InChI is InChI=1S/C15H25FN4O2S.HI/c1-15(2,19-23(5,21)22)11-18-14(17-3)20(4)10-12-6-8-13(16)9-7-12;/h6-9,19H,10-11H2,1-5H3,(H,17,18);1H. The van der Waals surface area contributed by atoms with Gasteiger partial charge in [0.25, 0.3) is 0 Å². The Hall–Kier alpha value is -0.940. The molecule has 2 N–H and O–H groups in total. The van der Waals surface area contributed by atoms with Crippen molar-refractivity contribution >= 4 is 40.0 Å². The summed E-state index contributed by atoms with van der Waals surface area (Å²) in [6, 6.07) is 6.26. The van der Waals surface area contributed by atoms with Crippen molar-refractivity contribution in [2.75, 3.05) is 26.9 Å². The summed E-state index contributed by atoms with van der Waals surface area (Å²) in [4.78, 5) is 6.06. The van der Waals surface area contributed by atoms with Crippen molar-refractivity contribution in [2.24, 2.45) is 4.99 Å². The van der Waals surface area contributed by atoms with Crippen LogP contribution < -0.4 is 10.0 Å². The van der Waals surface area contributed by atoms with Gasteiger partial charge >= 0.3 is 0 Å². The maximum absolute atomic E-state index is 12.9. The number of benzene rings is 1. The third-order valence-electron chi connectivity index (χ3n) is 3.06. The smallest absolute Gasteiger partial charge is 0.209 e. The Morgan fingerprint density at radius 1 is 1.29 bits per heavy atom. The summed E-state index contributed by atoms with van der Waals surface area (Å²) in [7, 11) is 0.222. The number of rotatable bonds is 6. The van der Waals surface area contributed by atoms with E-state index >= 15 is 0 Å². The summed E-state index contributed by atoms with van der Waals surface area (Å²) in [5.41, 5.74) is 0.297. The minimum atomic E-state index is -3.29. The van der Waals surface area contributed by atoms with Gasteiger partial charge in [-0.15, -0.1) is 24.0 Å². The van der Waals surface area contributed by atoms with Crippen molar-refractivity contribution in [3.05, 3.63) is 35.6 Å². The summed E-state index contributed by atoms with van der Waals surface area (Å²) in [6.45, 7) is 4.50. The Balaban J connectivity index is 0.00000529. The van der Waals surface area contributed by atoms with Gasteiger partial charge in [0.05, 0.1) is 6.26 Å². The van der Waals surface area contributed by atoms with Crippen LogP contribution >= 0.6 is 24.0 Å². The molecular weight excluding hydrogens is 446 g/mol. The first-order chi connectivity index (χ1) is 10.5. The fourth-order valence-corrected chi connectivity index (χ4v) is 3.24. The molecule has 0 radical (unpaired) electrons. The van der Waals surface area contributed by atoms with Gasteiger partial charge in [-0.1, -0.05) is 12.1 Å². The van der Waals surface area contributed by atoms with E-state index in [1.807, 2.05) is 11.9 Å². The molecule has 1 aromatic carbocycles. The van der Waals surface area contributed by atoms with Crippen LogP contribution in [-0.4, -0.2) is 51.7 Å². The Morgan fingerprint density at radius 2 is 1.83 bits per heavy atom. The van der Waals surface area contributed by atoms with Crippen molar-refractivity contribution in [1.29, 1.82) is 0 Å². The number of nitrogens with zero attached hydrogens (tertiary/aromatic N) is 2. The van der Waals surface area contributed by atoms with E-state index in [2.05, 4.69) is 15.0 Å². The number of hydrogen-bond acceptors (Lipinski definition) is 3. The lowest BCUT2D eigenvalue weighted by atomic mass is 10.1. The second-order valence-electron chi connectivity index (χ2n) is 6.14. The highest BCUT2D eigenvalue weighted by Crippen LogP contribution is 2.07. The molecule has 0 bridgehead atoms. The van der Waals surface area contributed by atoms with Crippen LogP contribution in [0.2, 0.25) is 0 Å². The van der Waals surface area contributed by atoms with Crippen molar-refractivity contribution in [1.82, 2.24) is 14.9 Å². The van der Waals surface area contributed by atoms with E-state index in [9.17, 15) is 12.8 Å². The highest BCUT2D eigenvalue weighted by atomic mass is 127. The van der Waals surface area contributed by atoms with Crippen LogP contribution in [0.15, 0.2) is 29.3 Å². The third kappa shape index (κ3) is 8.78. The molecule has 0 atom stereocenters. The molecular formula is C15H26FIN4O2S. The predicted octanol–water partition coefficient (Wildman–Crippen LogP) is 1.78. The lowest BCUT2D eigenvalue weighted by Gasteiger charge is -2.29. The summed E-state index contributed by atoms with van der Waals surface area (Å²) in [6.07, 6.45) is 1.13. The Bertz CT molecular complexity index is 648. The zero-order valence-corrected chi connectivity index (χ0v) is 17.8. The molecule has 0 aliphatic heterocycles. The van der Waals surface area contributed by atoms with Gasteiger partial charge in [-0.05, 0) is 31.5 Å². The van der Waals surface area contributed by atoms with Crippen molar-refractivity contribution in [3.8, 4) is 0 Å². The highest BCUT2D eigenvalue weighted by molar-refractivity contribution is 14.0. The van der Waals surface area contributed by atoms with E-state index in [-0.39, 0.29) is 29.8 Å². The molecule has 0 heterocycles. The van der Waals surface area contributed by atoms with Gasteiger partial charge in [0.1, 0.15) is 5.82 Å². The monoisotopic (exact) mass is 472 g/mol. The first kappa shape index (κ1) is 23.1. The molecule has 9 heteroatoms. The van der Waals surface area contributed by atoms with Gasteiger partial charge in [0.2, 0.25) is 10.0 Å². The van der Waals surface area contributed by atoms with Crippen LogP contribution in [0.25, 0.3) is 0 Å². The van der Waals surface area contributed by atoms with Crippen LogP contribution in [0.5, 0.6) is 0 Å². The lowest BCUT2D eigenvalue weighted by Crippen LogP contribution is -2.53. The number of halogens is 2. The van der Waals surface area contributed by atoms with E-state index in [1.165, 1.54) is 12.1 Å². The quantitative estimate of drug-likeness (QED) is 0.376. The third-order valence-corrected chi connectivity index (χ3v) is 3.98. The molecule has 24 heavy (non-hydrogen) atoms. The van der Waals surface area contributed by atoms with Gasteiger partial charge in [0, 0.05) is 32.7 Å². The zero-order valence-electron chi connectivity index (χ0n) is 14.6. The molecule has 0 saturated carbocycles. The topological polar surface area (TPSA) is 73.8 Å². The number of nitrogens with one attached hydrogen (secondary N) is 2. The molecule has 0 fully saturated rings. The first-order valence-electron chi connectivity index (χ1n) is 7.17. The van der Waals surface area contributed by atoms with Crippen LogP contribution in [0.3, 0.4) is 0 Å². The van der Waals surface area contributed by atoms with Gasteiger partial charge in [-0.25, -0.2) is 17.5 Å². The van der Waals surface area contributed by atoms with Gasteiger partial charge in [-0.3, -0.25) is 4.99 Å². The molecule has 0 spiro atoms. The van der Waals surface area contributed by atoms with E-state index in [0.29, 0.717) is 19.0 Å².